The minimum Gasteiger partial charge on any atom is -0.454 e. The highest BCUT2D eigenvalue weighted by atomic mass is 16.3. The van der Waals surface area contributed by atoms with E-state index in [4.69, 9.17) is 19.4 Å². The molecule has 0 aliphatic carbocycles. The van der Waals surface area contributed by atoms with E-state index < -0.39 is 0 Å². The van der Waals surface area contributed by atoms with Gasteiger partial charge in [0.2, 0.25) is 0 Å². The number of hydrogen-bond acceptors (Lipinski definition) is 4. The fraction of sp³-hybridized carbons (Fsp3) is 0. The van der Waals surface area contributed by atoms with E-state index >= 15 is 0 Å². The molecule has 0 radical (unpaired) electrons. The number of nitrogens with zero attached hydrogens (tertiary/aromatic N) is 4. The molecule has 0 saturated heterocycles. The SMILES string of the molecule is c1ccc(-c2ccc3c(c2)c2cc(-c4ccccc4)ccc2n3-c2cccc3c2oc2cc(-c4nc(-c5ccc6ccccc6c5)nc(-c5ccc6ccccc6c5)n4)ccc23)cc1. The molecular weight excluding hydrogens is 781 g/mol. The number of furan rings is 1. The standard InChI is InChI=1S/C59H36N4O/c1-3-12-37(13-4-1)43-27-30-52-50(34-43)51-35-44(38-14-5-2-6-15-38)28-31-53(51)63(52)54-21-11-20-49-48-29-26-47(36-55(48)64-56(49)54)59-61-57(45-24-22-39-16-7-9-18-41(39)32-45)60-58(62-59)46-25-23-40-17-8-10-19-42(40)33-46/h1-36H. The number of hydrogen-bond donors (Lipinski definition) is 0. The fourth-order valence-electron chi connectivity index (χ4n) is 9.42. The molecule has 0 fully saturated rings. The van der Waals surface area contributed by atoms with Crippen molar-refractivity contribution in [1.82, 2.24) is 19.5 Å². The molecule has 5 nitrogen and oxygen atoms in total. The zero-order valence-corrected chi connectivity index (χ0v) is 34.5. The van der Waals surface area contributed by atoms with Gasteiger partial charge in [-0.05, 0) is 98.4 Å². The third-order valence-corrected chi connectivity index (χ3v) is 12.6. The van der Waals surface area contributed by atoms with Gasteiger partial charge in [-0.3, -0.25) is 0 Å². The van der Waals surface area contributed by atoms with Crippen LogP contribution in [0.2, 0.25) is 0 Å². The zero-order valence-electron chi connectivity index (χ0n) is 34.5. The lowest BCUT2D eigenvalue weighted by Gasteiger charge is -2.10. The van der Waals surface area contributed by atoms with Crippen LogP contribution in [0.25, 0.3) is 127 Å². The lowest BCUT2D eigenvalue weighted by atomic mass is 10.0. The second kappa shape index (κ2) is 14.5. The van der Waals surface area contributed by atoms with Crippen molar-refractivity contribution in [3.05, 3.63) is 218 Å². The van der Waals surface area contributed by atoms with Gasteiger partial charge in [0.1, 0.15) is 5.58 Å². The van der Waals surface area contributed by atoms with E-state index in [0.717, 1.165) is 66.1 Å². The van der Waals surface area contributed by atoms with Gasteiger partial charge in [0.15, 0.2) is 23.1 Å². The van der Waals surface area contributed by atoms with Crippen LogP contribution in [0.5, 0.6) is 0 Å². The van der Waals surface area contributed by atoms with Gasteiger partial charge < -0.3 is 8.98 Å². The molecule has 13 rings (SSSR count). The molecule has 5 heteroatoms. The average Bonchev–Trinajstić information content (AvgIpc) is 3.91. The maximum atomic E-state index is 6.99. The molecule has 13 aromatic rings. The first-order chi connectivity index (χ1) is 31.7. The summed E-state index contributed by atoms with van der Waals surface area (Å²) in [6, 6.07) is 77.1. The molecule has 0 aliphatic rings. The lowest BCUT2D eigenvalue weighted by Crippen LogP contribution is -2.00. The number of benzene rings is 10. The normalized spacial score (nSPS) is 11.8. The Morgan fingerprint density at radius 1 is 0.297 bits per heavy atom. The predicted molar refractivity (Wildman–Crippen MR) is 264 cm³/mol. The van der Waals surface area contributed by atoms with E-state index in [1.807, 2.05) is 0 Å². The predicted octanol–water partition coefficient (Wildman–Crippen LogP) is 15.5. The number of fused-ring (bicyclic) bond motifs is 8. The van der Waals surface area contributed by atoms with Crippen molar-refractivity contribution >= 4 is 65.3 Å². The molecule has 3 heterocycles. The molecule has 0 atom stereocenters. The molecule has 0 N–H and O–H groups in total. The van der Waals surface area contributed by atoms with Gasteiger partial charge >= 0.3 is 0 Å². The minimum atomic E-state index is 0.578. The van der Waals surface area contributed by atoms with E-state index in [9.17, 15) is 0 Å². The van der Waals surface area contributed by atoms with E-state index in [1.54, 1.807) is 0 Å². The molecule has 0 amide bonds. The molecular formula is C59H36N4O. The van der Waals surface area contributed by atoms with Gasteiger partial charge in [-0.25, -0.2) is 15.0 Å². The van der Waals surface area contributed by atoms with Gasteiger partial charge in [0.05, 0.1) is 16.7 Å². The molecule has 298 valence electrons. The van der Waals surface area contributed by atoms with Crippen LogP contribution in [0.15, 0.2) is 223 Å². The second-order valence-corrected chi connectivity index (χ2v) is 16.4. The Morgan fingerprint density at radius 2 is 0.766 bits per heavy atom. The van der Waals surface area contributed by atoms with Crippen LogP contribution in [0, 0.1) is 0 Å². The highest BCUT2D eigenvalue weighted by molar-refractivity contribution is 6.14. The highest BCUT2D eigenvalue weighted by Crippen LogP contribution is 2.41. The summed E-state index contributed by atoms with van der Waals surface area (Å²) in [6.45, 7) is 0. The lowest BCUT2D eigenvalue weighted by molar-refractivity contribution is 0.666. The van der Waals surface area contributed by atoms with Crippen LogP contribution < -0.4 is 0 Å². The van der Waals surface area contributed by atoms with Crippen LogP contribution in [0.4, 0.5) is 0 Å². The topological polar surface area (TPSA) is 56.7 Å². The summed E-state index contributed by atoms with van der Waals surface area (Å²) < 4.78 is 9.35. The molecule has 0 aliphatic heterocycles. The summed E-state index contributed by atoms with van der Waals surface area (Å²) >= 11 is 0. The van der Waals surface area contributed by atoms with E-state index in [1.165, 1.54) is 43.8 Å². The van der Waals surface area contributed by atoms with Crippen LogP contribution in [-0.4, -0.2) is 19.5 Å². The van der Waals surface area contributed by atoms with Crippen molar-refractivity contribution in [1.29, 1.82) is 0 Å². The molecule has 0 bridgehead atoms. The average molecular weight is 817 g/mol. The van der Waals surface area contributed by atoms with Crippen molar-refractivity contribution in [2.75, 3.05) is 0 Å². The van der Waals surface area contributed by atoms with Gasteiger partial charge in [-0.2, -0.15) is 0 Å². The maximum absolute atomic E-state index is 6.99. The smallest absolute Gasteiger partial charge is 0.164 e. The Labute approximate surface area is 368 Å². The summed E-state index contributed by atoms with van der Waals surface area (Å²) in [4.78, 5) is 15.4. The van der Waals surface area contributed by atoms with Gasteiger partial charge in [0, 0.05) is 38.2 Å². The Morgan fingerprint density at radius 3 is 1.31 bits per heavy atom. The van der Waals surface area contributed by atoms with Gasteiger partial charge in [-0.15, -0.1) is 0 Å². The first kappa shape index (κ1) is 36.0. The Hall–Kier alpha value is -8.67. The van der Waals surface area contributed by atoms with E-state index in [0.29, 0.717) is 17.5 Å². The molecule has 0 spiro atoms. The zero-order chi connectivity index (χ0) is 42.1. The van der Waals surface area contributed by atoms with Crippen LogP contribution in [0.3, 0.4) is 0 Å². The molecule has 10 aromatic carbocycles. The third-order valence-electron chi connectivity index (χ3n) is 12.6. The molecule has 0 saturated carbocycles. The first-order valence-corrected chi connectivity index (χ1v) is 21.6. The Kier molecular flexibility index (Phi) is 8.15. The highest BCUT2D eigenvalue weighted by Gasteiger charge is 2.20. The maximum Gasteiger partial charge on any atom is 0.164 e. The second-order valence-electron chi connectivity index (χ2n) is 16.4. The first-order valence-electron chi connectivity index (χ1n) is 21.6. The molecule has 64 heavy (non-hydrogen) atoms. The van der Waals surface area contributed by atoms with Gasteiger partial charge in [-0.1, -0.05) is 164 Å². The summed E-state index contributed by atoms with van der Waals surface area (Å²) in [5, 5.41) is 9.03. The van der Waals surface area contributed by atoms with Gasteiger partial charge in [0.25, 0.3) is 0 Å². The summed E-state index contributed by atoms with van der Waals surface area (Å²) in [5.41, 5.74) is 12.2. The van der Waals surface area contributed by atoms with Crippen molar-refractivity contribution in [3.8, 4) is 62.1 Å². The summed E-state index contributed by atoms with van der Waals surface area (Å²) in [6.07, 6.45) is 0. The summed E-state index contributed by atoms with van der Waals surface area (Å²) in [7, 11) is 0. The Balaban J connectivity index is 0.986. The number of rotatable bonds is 6. The number of para-hydroxylation sites is 1. The van der Waals surface area contributed by atoms with Crippen LogP contribution >= 0.6 is 0 Å². The molecule has 3 aromatic heterocycles. The minimum absolute atomic E-state index is 0.578. The van der Waals surface area contributed by atoms with Crippen molar-refractivity contribution in [2.24, 2.45) is 0 Å². The van der Waals surface area contributed by atoms with Crippen LogP contribution in [0.1, 0.15) is 0 Å². The fourth-order valence-corrected chi connectivity index (χ4v) is 9.42. The quantitative estimate of drug-likeness (QED) is 0.168. The largest absolute Gasteiger partial charge is 0.454 e. The number of aromatic nitrogens is 4. The van der Waals surface area contributed by atoms with Crippen molar-refractivity contribution in [3.63, 3.8) is 0 Å². The monoisotopic (exact) mass is 816 g/mol. The van der Waals surface area contributed by atoms with Crippen LogP contribution in [-0.2, 0) is 0 Å². The van der Waals surface area contributed by atoms with Crippen molar-refractivity contribution in [2.45, 2.75) is 0 Å². The summed E-state index contributed by atoms with van der Waals surface area (Å²) in [5.74, 6) is 1.81. The third kappa shape index (κ3) is 5.98. The Bertz CT molecular complexity index is 3770. The van der Waals surface area contributed by atoms with Crippen molar-refractivity contribution < 1.29 is 4.42 Å². The van der Waals surface area contributed by atoms with E-state index in [-0.39, 0.29) is 0 Å². The van der Waals surface area contributed by atoms with E-state index in [2.05, 4.69) is 223 Å². The molecule has 0 unspecified atom stereocenters.